The van der Waals surface area contributed by atoms with E-state index < -0.39 is 0 Å². The number of anilines is 1. The molecular formula is C22H27N3O2. The molecule has 2 amide bonds. The number of allylic oxidation sites excluding steroid dienone is 2. The molecule has 0 bridgehead atoms. The van der Waals surface area contributed by atoms with Crippen molar-refractivity contribution >= 4 is 23.1 Å². The first-order valence-electron chi connectivity index (χ1n) is 9.42. The molecule has 2 aliphatic rings. The van der Waals surface area contributed by atoms with Crippen LogP contribution in [0.25, 0.3) is 5.57 Å². The lowest BCUT2D eigenvalue weighted by Crippen LogP contribution is -2.48. The van der Waals surface area contributed by atoms with E-state index in [0.717, 1.165) is 49.2 Å². The van der Waals surface area contributed by atoms with Gasteiger partial charge in [0.25, 0.3) is 5.91 Å². The summed E-state index contributed by atoms with van der Waals surface area (Å²) < 4.78 is 0. The summed E-state index contributed by atoms with van der Waals surface area (Å²) in [6, 6.07) is 3.99. The zero-order valence-electron chi connectivity index (χ0n) is 16.6. The summed E-state index contributed by atoms with van der Waals surface area (Å²) in [6.07, 6.45) is 2.75. The predicted molar refractivity (Wildman–Crippen MR) is 108 cm³/mol. The molecule has 1 saturated heterocycles. The highest BCUT2D eigenvalue weighted by molar-refractivity contribution is 5.99. The van der Waals surface area contributed by atoms with Gasteiger partial charge in [0.1, 0.15) is 0 Å². The average Bonchev–Trinajstić information content (AvgIpc) is 2.95. The van der Waals surface area contributed by atoms with Crippen molar-refractivity contribution in [3.8, 4) is 11.8 Å². The summed E-state index contributed by atoms with van der Waals surface area (Å²) in [5.74, 6) is 4.81. The van der Waals surface area contributed by atoms with Crippen LogP contribution < -0.4 is 10.6 Å². The van der Waals surface area contributed by atoms with Crippen molar-refractivity contribution in [3.63, 3.8) is 0 Å². The SMILES string of the molecule is CC#CC(=O)N(C)C1CCCN(c2ccc(C(N)=O)c3c2C(C)=C(C)C3)C1. The van der Waals surface area contributed by atoms with Crippen LogP contribution in [0.15, 0.2) is 17.7 Å². The Hall–Kier alpha value is -2.74. The maximum absolute atomic E-state index is 12.2. The Morgan fingerprint density at radius 1 is 1.30 bits per heavy atom. The second-order valence-corrected chi connectivity index (χ2v) is 7.47. The number of nitrogens with two attached hydrogens (primary N) is 1. The quantitative estimate of drug-likeness (QED) is 0.837. The third-order valence-corrected chi connectivity index (χ3v) is 5.85. The number of hydrogen-bond acceptors (Lipinski definition) is 3. The van der Waals surface area contributed by atoms with Crippen LogP contribution in [0, 0.1) is 11.8 Å². The Kier molecular flexibility index (Phi) is 5.27. The molecule has 142 valence electrons. The molecule has 1 heterocycles. The fraction of sp³-hybridized carbons (Fsp3) is 0.455. The fourth-order valence-corrected chi connectivity index (χ4v) is 4.19. The maximum atomic E-state index is 12.2. The van der Waals surface area contributed by atoms with Gasteiger partial charge in [-0.15, -0.1) is 0 Å². The van der Waals surface area contributed by atoms with Gasteiger partial charge < -0.3 is 15.5 Å². The molecule has 0 aromatic heterocycles. The van der Waals surface area contributed by atoms with Gasteiger partial charge in [-0.25, -0.2) is 0 Å². The van der Waals surface area contributed by atoms with Gasteiger partial charge in [0.2, 0.25) is 5.91 Å². The highest BCUT2D eigenvalue weighted by atomic mass is 16.2. The number of primary amides is 1. The standard InChI is InChI=1S/C22H27N3O2/c1-5-7-20(26)24(4)16-8-6-11-25(13-16)19-10-9-17(22(23)27)18-12-14(2)15(3)21(18)19/h9-10,16H,6,8,11-13H2,1-4H3,(H2,23,27). The van der Waals surface area contributed by atoms with Crippen LogP contribution in [0.3, 0.4) is 0 Å². The largest absolute Gasteiger partial charge is 0.369 e. The second kappa shape index (κ2) is 7.48. The first kappa shape index (κ1) is 19.0. The van der Waals surface area contributed by atoms with Crippen molar-refractivity contribution in [1.82, 2.24) is 4.90 Å². The highest BCUT2D eigenvalue weighted by Crippen LogP contribution is 2.41. The van der Waals surface area contributed by atoms with Crippen LogP contribution in [0.2, 0.25) is 0 Å². The van der Waals surface area contributed by atoms with Crippen molar-refractivity contribution in [2.45, 2.75) is 46.1 Å². The normalized spacial score (nSPS) is 18.7. The van der Waals surface area contributed by atoms with E-state index in [9.17, 15) is 9.59 Å². The van der Waals surface area contributed by atoms with Gasteiger partial charge in [0.15, 0.2) is 0 Å². The minimum Gasteiger partial charge on any atom is -0.369 e. The average molecular weight is 365 g/mol. The molecule has 1 unspecified atom stereocenters. The molecule has 1 atom stereocenters. The van der Waals surface area contributed by atoms with Gasteiger partial charge in [-0.1, -0.05) is 11.5 Å². The van der Waals surface area contributed by atoms with Crippen molar-refractivity contribution in [2.24, 2.45) is 5.73 Å². The summed E-state index contributed by atoms with van der Waals surface area (Å²) in [4.78, 5) is 28.1. The van der Waals surface area contributed by atoms with E-state index in [2.05, 4.69) is 30.6 Å². The predicted octanol–water partition coefficient (Wildman–Crippen LogP) is 2.59. The van der Waals surface area contributed by atoms with Gasteiger partial charge >= 0.3 is 0 Å². The van der Waals surface area contributed by atoms with E-state index in [4.69, 9.17) is 5.73 Å². The molecule has 1 fully saturated rings. The zero-order chi connectivity index (χ0) is 19.7. The molecule has 0 saturated carbocycles. The van der Waals surface area contributed by atoms with Gasteiger partial charge in [0, 0.05) is 43.0 Å². The molecule has 1 aromatic rings. The first-order chi connectivity index (χ1) is 12.8. The lowest BCUT2D eigenvalue weighted by molar-refractivity contribution is -0.126. The monoisotopic (exact) mass is 365 g/mol. The van der Waals surface area contributed by atoms with Gasteiger partial charge in [-0.3, -0.25) is 9.59 Å². The Labute approximate surface area is 161 Å². The molecular weight excluding hydrogens is 338 g/mol. The molecule has 27 heavy (non-hydrogen) atoms. The third-order valence-electron chi connectivity index (χ3n) is 5.85. The second-order valence-electron chi connectivity index (χ2n) is 7.47. The number of carbonyl (C=O) groups excluding carboxylic acids is 2. The number of rotatable bonds is 3. The Bertz CT molecular complexity index is 889. The molecule has 5 nitrogen and oxygen atoms in total. The molecule has 1 aromatic carbocycles. The summed E-state index contributed by atoms with van der Waals surface area (Å²) >= 11 is 0. The molecule has 5 heteroatoms. The van der Waals surface area contributed by atoms with Crippen molar-refractivity contribution < 1.29 is 9.59 Å². The molecule has 2 N–H and O–H groups in total. The first-order valence-corrected chi connectivity index (χ1v) is 9.42. The number of fused-ring (bicyclic) bond motifs is 1. The van der Waals surface area contributed by atoms with E-state index >= 15 is 0 Å². The van der Waals surface area contributed by atoms with Crippen LogP contribution in [0.5, 0.6) is 0 Å². The summed E-state index contributed by atoms with van der Waals surface area (Å²) in [6.45, 7) is 7.61. The maximum Gasteiger partial charge on any atom is 0.298 e. The third kappa shape index (κ3) is 3.44. The van der Waals surface area contributed by atoms with Crippen molar-refractivity contribution in [3.05, 3.63) is 34.4 Å². The molecule has 0 spiro atoms. The minimum absolute atomic E-state index is 0.130. The number of likely N-dealkylation sites (N-methyl/N-ethyl adjacent to an activating group) is 1. The summed E-state index contributed by atoms with van der Waals surface area (Å²) in [5, 5.41) is 0. The lowest BCUT2D eigenvalue weighted by Gasteiger charge is -2.39. The minimum atomic E-state index is -0.375. The Balaban J connectivity index is 1.95. The van der Waals surface area contributed by atoms with Crippen LogP contribution in [-0.2, 0) is 11.2 Å². The van der Waals surface area contributed by atoms with Gasteiger partial charge in [-0.05, 0) is 69.2 Å². The van der Waals surface area contributed by atoms with Gasteiger partial charge in [0.05, 0.1) is 0 Å². The van der Waals surface area contributed by atoms with E-state index in [1.807, 2.05) is 19.2 Å². The van der Waals surface area contributed by atoms with Crippen LogP contribution >= 0.6 is 0 Å². The van der Waals surface area contributed by atoms with E-state index in [-0.39, 0.29) is 17.9 Å². The summed E-state index contributed by atoms with van der Waals surface area (Å²) in [5.41, 5.74) is 12.0. The number of amides is 2. The number of benzene rings is 1. The van der Waals surface area contributed by atoms with Crippen LogP contribution in [0.1, 0.15) is 55.1 Å². The Morgan fingerprint density at radius 2 is 2.04 bits per heavy atom. The smallest absolute Gasteiger partial charge is 0.298 e. The van der Waals surface area contributed by atoms with Crippen LogP contribution in [0.4, 0.5) is 5.69 Å². The summed E-state index contributed by atoms with van der Waals surface area (Å²) in [7, 11) is 1.83. The van der Waals surface area contributed by atoms with E-state index in [1.165, 1.54) is 11.1 Å². The van der Waals surface area contributed by atoms with E-state index in [1.54, 1.807) is 11.8 Å². The number of hydrogen-bond donors (Lipinski definition) is 1. The Morgan fingerprint density at radius 3 is 2.70 bits per heavy atom. The zero-order valence-corrected chi connectivity index (χ0v) is 16.6. The van der Waals surface area contributed by atoms with Crippen LogP contribution in [-0.4, -0.2) is 42.9 Å². The molecule has 3 rings (SSSR count). The van der Waals surface area contributed by atoms with Crippen molar-refractivity contribution in [1.29, 1.82) is 0 Å². The highest BCUT2D eigenvalue weighted by Gasteiger charge is 2.30. The van der Waals surface area contributed by atoms with Crippen molar-refractivity contribution in [2.75, 3.05) is 25.0 Å². The topological polar surface area (TPSA) is 66.6 Å². The van der Waals surface area contributed by atoms with Gasteiger partial charge in [-0.2, -0.15) is 0 Å². The number of piperidine rings is 1. The molecule has 1 aliphatic heterocycles. The molecule has 0 radical (unpaired) electrons. The van der Waals surface area contributed by atoms with E-state index in [0.29, 0.717) is 5.56 Å². The molecule has 1 aliphatic carbocycles. The number of carbonyl (C=O) groups is 2. The lowest BCUT2D eigenvalue weighted by atomic mass is 9.95. The fourth-order valence-electron chi connectivity index (χ4n) is 4.19. The number of nitrogens with zero attached hydrogens (tertiary/aromatic N) is 2.